The van der Waals surface area contributed by atoms with Gasteiger partial charge in [-0.15, -0.1) is 0 Å². The highest BCUT2D eigenvalue weighted by molar-refractivity contribution is 6.60. The minimum Gasteiger partial charge on any atom is -0.439 e. The molecule has 0 aliphatic carbocycles. The summed E-state index contributed by atoms with van der Waals surface area (Å²) in [7, 11) is -1.81. The van der Waals surface area contributed by atoms with Gasteiger partial charge in [0.15, 0.2) is 11.6 Å². The fourth-order valence-electron chi connectivity index (χ4n) is 2.23. The molecule has 3 aromatic rings. The lowest BCUT2D eigenvalue weighted by Crippen LogP contribution is -2.31. The second-order valence-corrected chi connectivity index (χ2v) is 5.04. The van der Waals surface area contributed by atoms with Crippen LogP contribution >= 0.6 is 0 Å². The van der Waals surface area contributed by atoms with E-state index in [1.54, 1.807) is 24.3 Å². The van der Waals surface area contributed by atoms with E-state index in [1.807, 2.05) is 0 Å². The van der Waals surface area contributed by atoms with Crippen molar-refractivity contribution >= 4 is 23.5 Å². The first-order valence-electron chi connectivity index (χ1n) is 6.85. The van der Waals surface area contributed by atoms with Crippen LogP contribution in [0.2, 0.25) is 0 Å². The van der Waals surface area contributed by atoms with Crippen molar-refractivity contribution in [3.63, 3.8) is 0 Å². The third-order valence-electron chi connectivity index (χ3n) is 3.49. The predicted molar refractivity (Wildman–Crippen MR) is 82.7 cm³/mol. The van der Waals surface area contributed by atoms with Gasteiger partial charge in [-0.05, 0) is 31.2 Å². The van der Waals surface area contributed by atoms with E-state index in [2.05, 4.69) is 4.98 Å². The van der Waals surface area contributed by atoms with E-state index >= 15 is 0 Å². The molecule has 0 atom stereocenters. The van der Waals surface area contributed by atoms with Gasteiger partial charge in [0.2, 0.25) is 5.88 Å². The van der Waals surface area contributed by atoms with Crippen LogP contribution in [0.4, 0.5) is 8.78 Å². The van der Waals surface area contributed by atoms with Crippen molar-refractivity contribution in [2.75, 3.05) is 0 Å². The maximum absolute atomic E-state index is 13.6. The van der Waals surface area contributed by atoms with Crippen molar-refractivity contribution in [1.82, 2.24) is 4.98 Å². The van der Waals surface area contributed by atoms with E-state index in [0.29, 0.717) is 10.9 Å². The van der Waals surface area contributed by atoms with Crippen LogP contribution < -0.4 is 10.2 Å². The highest BCUT2D eigenvalue weighted by Gasteiger charge is 2.21. The normalized spacial score (nSPS) is 10.8. The molecule has 4 nitrogen and oxygen atoms in total. The molecule has 2 N–H and O–H groups in total. The quantitative estimate of drug-likeness (QED) is 0.728. The Labute approximate surface area is 131 Å². The zero-order chi connectivity index (χ0) is 16.6. The molecule has 7 heteroatoms. The van der Waals surface area contributed by atoms with Gasteiger partial charge in [-0.1, -0.05) is 18.2 Å². The molecule has 0 amide bonds. The predicted octanol–water partition coefficient (Wildman–Crippen LogP) is 2.29. The van der Waals surface area contributed by atoms with Crippen LogP contribution in [0.5, 0.6) is 11.6 Å². The van der Waals surface area contributed by atoms with Crippen LogP contribution in [0.15, 0.2) is 42.5 Å². The number of nitrogens with zero attached hydrogens (tertiary/aromatic N) is 1. The number of halogens is 2. The van der Waals surface area contributed by atoms with Gasteiger partial charge < -0.3 is 14.8 Å². The monoisotopic (exact) mass is 315 g/mol. The number of hydrogen-bond acceptors (Lipinski definition) is 4. The third-order valence-corrected chi connectivity index (χ3v) is 3.49. The van der Waals surface area contributed by atoms with E-state index in [0.717, 1.165) is 6.07 Å². The van der Waals surface area contributed by atoms with Crippen molar-refractivity contribution < 1.29 is 23.6 Å². The first-order chi connectivity index (χ1) is 11.0. The molecule has 0 saturated heterocycles. The molecule has 0 unspecified atom stereocenters. The maximum atomic E-state index is 13.6. The summed E-state index contributed by atoms with van der Waals surface area (Å²) in [6, 6.07) is 10.8. The van der Waals surface area contributed by atoms with Crippen molar-refractivity contribution in [1.29, 1.82) is 0 Å². The van der Waals surface area contributed by atoms with Gasteiger partial charge in [0, 0.05) is 16.4 Å². The Hall–Kier alpha value is -2.51. The number of rotatable bonds is 3. The summed E-state index contributed by atoms with van der Waals surface area (Å²) in [6.45, 7) is 1.36. The number of ether oxygens (including phenoxy) is 1. The largest absolute Gasteiger partial charge is 0.494 e. The average molecular weight is 315 g/mol. The van der Waals surface area contributed by atoms with Gasteiger partial charge in [-0.3, -0.25) is 0 Å². The highest BCUT2D eigenvalue weighted by Crippen LogP contribution is 2.27. The summed E-state index contributed by atoms with van der Waals surface area (Å²) in [4.78, 5) is 4.23. The van der Waals surface area contributed by atoms with E-state index in [4.69, 9.17) is 4.74 Å². The van der Waals surface area contributed by atoms with Gasteiger partial charge in [0.05, 0.1) is 5.52 Å². The Bertz CT molecular complexity index is 887. The first-order valence-corrected chi connectivity index (χ1v) is 6.85. The van der Waals surface area contributed by atoms with Gasteiger partial charge in [-0.2, -0.15) is 0 Å². The van der Waals surface area contributed by atoms with E-state index in [9.17, 15) is 18.8 Å². The van der Waals surface area contributed by atoms with Gasteiger partial charge in [0.25, 0.3) is 0 Å². The van der Waals surface area contributed by atoms with Crippen LogP contribution in [0.3, 0.4) is 0 Å². The maximum Gasteiger partial charge on any atom is 0.494 e. The lowest BCUT2D eigenvalue weighted by atomic mass is 9.80. The Morgan fingerprint density at radius 3 is 2.57 bits per heavy atom. The minimum absolute atomic E-state index is 0.0293. The second kappa shape index (κ2) is 5.94. The third kappa shape index (κ3) is 2.88. The molecule has 1 heterocycles. The number of aromatic nitrogens is 1. The fraction of sp³-hybridized carbons (Fsp3) is 0.0625. The molecule has 0 spiro atoms. The lowest BCUT2D eigenvalue weighted by Gasteiger charge is -2.13. The Kier molecular flexibility index (Phi) is 3.98. The Balaban J connectivity index is 2.12. The molecule has 2 aromatic carbocycles. The standard InChI is InChI=1S/C16H12BF2NO3/c1-9-14(7-6-12(18)15(9)19)23-16-11(17(21)22)8-10-4-2-3-5-13(10)20-16/h2-8,21-22H,1H3. The zero-order valence-electron chi connectivity index (χ0n) is 12.1. The molecule has 0 radical (unpaired) electrons. The summed E-state index contributed by atoms with van der Waals surface area (Å²) in [6.07, 6.45) is 0. The Morgan fingerprint density at radius 1 is 1.09 bits per heavy atom. The number of hydrogen-bond donors (Lipinski definition) is 2. The molecule has 23 heavy (non-hydrogen) atoms. The summed E-state index contributed by atoms with van der Waals surface area (Å²) < 4.78 is 32.3. The fourth-order valence-corrected chi connectivity index (χ4v) is 2.23. The average Bonchev–Trinajstić information content (AvgIpc) is 2.54. The number of para-hydroxylation sites is 1. The van der Waals surface area contributed by atoms with Crippen molar-refractivity contribution in [2.24, 2.45) is 0 Å². The summed E-state index contributed by atoms with van der Waals surface area (Å²) in [5, 5.41) is 19.7. The van der Waals surface area contributed by atoms with Crippen molar-refractivity contribution in [2.45, 2.75) is 6.92 Å². The van der Waals surface area contributed by atoms with Crippen LogP contribution in [-0.4, -0.2) is 22.2 Å². The summed E-state index contributed by atoms with van der Waals surface area (Å²) in [5.74, 6) is -2.03. The van der Waals surface area contributed by atoms with E-state index in [-0.39, 0.29) is 22.7 Å². The SMILES string of the molecule is Cc1c(Oc2nc3ccccc3cc2B(O)O)ccc(F)c1F. The molecule has 0 bridgehead atoms. The van der Waals surface area contributed by atoms with Crippen LogP contribution in [-0.2, 0) is 0 Å². The molecule has 3 rings (SSSR count). The second-order valence-electron chi connectivity index (χ2n) is 5.04. The molecular formula is C16H12BF2NO3. The molecule has 0 fully saturated rings. The summed E-state index contributed by atoms with van der Waals surface area (Å²) in [5.41, 5.74) is 0.582. The van der Waals surface area contributed by atoms with Crippen molar-refractivity contribution in [3.05, 3.63) is 59.7 Å². The van der Waals surface area contributed by atoms with Crippen LogP contribution in [0.25, 0.3) is 10.9 Å². The Morgan fingerprint density at radius 2 is 1.83 bits per heavy atom. The van der Waals surface area contributed by atoms with Gasteiger partial charge in [0.1, 0.15) is 5.75 Å². The number of fused-ring (bicyclic) bond motifs is 1. The lowest BCUT2D eigenvalue weighted by molar-refractivity contribution is 0.416. The minimum atomic E-state index is -1.81. The molecule has 116 valence electrons. The van der Waals surface area contributed by atoms with Crippen LogP contribution in [0.1, 0.15) is 5.56 Å². The molecular weight excluding hydrogens is 303 g/mol. The first kappa shape index (κ1) is 15.4. The van der Waals surface area contributed by atoms with Crippen LogP contribution in [0, 0.1) is 18.6 Å². The summed E-state index contributed by atoms with van der Waals surface area (Å²) >= 11 is 0. The molecule has 0 aliphatic heterocycles. The van der Waals surface area contributed by atoms with Gasteiger partial charge in [-0.25, -0.2) is 13.8 Å². The number of benzene rings is 2. The molecule has 0 saturated carbocycles. The molecule has 0 aliphatic rings. The zero-order valence-corrected chi connectivity index (χ0v) is 12.1. The van der Waals surface area contributed by atoms with E-state index < -0.39 is 18.8 Å². The van der Waals surface area contributed by atoms with E-state index in [1.165, 1.54) is 19.1 Å². The smallest absolute Gasteiger partial charge is 0.439 e. The topological polar surface area (TPSA) is 62.6 Å². The molecule has 1 aromatic heterocycles. The number of pyridine rings is 1. The van der Waals surface area contributed by atoms with Gasteiger partial charge >= 0.3 is 7.12 Å². The van der Waals surface area contributed by atoms with Crippen molar-refractivity contribution in [3.8, 4) is 11.6 Å². The highest BCUT2D eigenvalue weighted by atomic mass is 19.2.